The van der Waals surface area contributed by atoms with Crippen LogP contribution < -0.4 is 10.3 Å². The van der Waals surface area contributed by atoms with Gasteiger partial charge in [-0.1, -0.05) is 44.7 Å². The van der Waals surface area contributed by atoms with Gasteiger partial charge in [0.2, 0.25) is 0 Å². The summed E-state index contributed by atoms with van der Waals surface area (Å²) in [5, 5.41) is 0.477. The van der Waals surface area contributed by atoms with Crippen LogP contribution in [-0.2, 0) is 30.4 Å². The summed E-state index contributed by atoms with van der Waals surface area (Å²) in [4.78, 5) is 48.6. The van der Waals surface area contributed by atoms with Crippen molar-refractivity contribution in [3.63, 3.8) is 0 Å². The van der Waals surface area contributed by atoms with Crippen molar-refractivity contribution >= 4 is 28.8 Å². The minimum Gasteiger partial charge on any atom is -0.425 e. The first-order chi connectivity index (χ1) is 14.8. The number of para-hydroxylation sites is 1. The zero-order valence-electron chi connectivity index (χ0n) is 18.4. The molecule has 0 amide bonds. The van der Waals surface area contributed by atoms with Crippen molar-refractivity contribution < 1.29 is 28.6 Å². The van der Waals surface area contributed by atoms with Crippen molar-refractivity contribution in [2.75, 3.05) is 0 Å². The van der Waals surface area contributed by atoms with Crippen molar-refractivity contribution in [1.29, 1.82) is 0 Å². The second-order valence-electron chi connectivity index (χ2n) is 7.28. The fourth-order valence-electron chi connectivity index (χ4n) is 3.40. The molecule has 8 nitrogen and oxygen atoms in total. The Bertz CT molecular complexity index is 993. The molecule has 1 heterocycles. The molecule has 2 rings (SSSR count). The van der Waals surface area contributed by atoms with E-state index >= 15 is 0 Å². The summed E-state index contributed by atoms with van der Waals surface area (Å²) in [6, 6.07) is 6.97. The summed E-state index contributed by atoms with van der Waals surface area (Å²) in [6.45, 7) is 6.01. The first-order valence-corrected chi connectivity index (χ1v) is 10.4. The van der Waals surface area contributed by atoms with E-state index in [1.165, 1.54) is 6.92 Å². The molecule has 2 aromatic rings. The fourth-order valence-corrected chi connectivity index (χ4v) is 3.40. The van der Waals surface area contributed by atoms with Gasteiger partial charge in [0.25, 0.3) is 11.8 Å². The molecule has 168 valence electrons. The van der Waals surface area contributed by atoms with Crippen molar-refractivity contribution in [1.82, 2.24) is 4.57 Å². The van der Waals surface area contributed by atoms with E-state index in [1.807, 2.05) is 0 Å². The fraction of sp³-hybridized carbons (Fsp3) is 0.478. The minimum absolute atomic E-state index is 0.0807. The predicted octanol–water partition coefficient (Wildman–Crippen LogP) is 4.02. The number of carbonyl (C=O) groups is 3. The summed E-state index contributed by atoms with van der Waals surface area (Å²) in [7, 11) is 0. The molecule has 1 aromatic carbocycles. The summed E-state index contributed by atoms with van der Waals surface area (Å²) in [5.41, 5.74) is -0.168. The molecule has 0 radical (unpaired) electrons. The standard InChI is InChI=1S/C23H29NO7/c1-5-6-7-8-11-14-24-19-13-10-9-12-18(19)21(29-15(2)25)20(22(24)28)23(30-16(3)26)31-17(4)27/h9-10,12-13,23H,5-8,11,14H2,1-4H3. The summed E-state index contributed by atoms with van der Waals surface area (Å²) >= 11 is 0. The van der Waals surface area contributed by atoms with E-state index in [-0.39, 0.29) is 11.3 Å². The van der Waals surface area contributed by atoms with Crippen molar-refractivity contribution in [3.8, 4) is 5.75 Å². The molecule has 0 saturated carbocycles. The first-order valence-electron chi connectivity index (χ1n) is 10.4. The molecule has 0 aliphatic carbocycles. The van der Waals surface area contributed by atoms with Crippen molar-refractivity contribution in [2.45, 2.75) is 72.6 Å². The molecule has 0 unspecified atom stereocenters. The topological polar surface area (TPSA) is 101 Å². The number of fused-ring (bicyclic) bond motifs is 1. The zero-order chi connectivity index (χ0) is 23.0. The second-order valence-corrected chi connectivity index (χ2v) is 7.28. The van der Waals surface area contributed by atoms with Crippen LogP contribution in [0.1, 0.15) is 71.7 Å². The second kappa shape index (κ2) is 11.3. The number of benzene rings is 1. The van der Waals surface area contributed by atoms with Gasteiger partial charge in [0.1, 0.15) is 5.56 Å². The van der Waals surface area contributed by atoms with Gasteiger partial charge in [-0.05, 0) is 18.6 Å². The maximum Gasteiger partial charge on any atom is 0.308 e. The molecule has 0 atom stereocenters. The number of unbranched alkanes of at least 4 members (excludes halogenated alkanes) is 4. The SMILES string of the molecule is CCCCCCCn1c(=O)c(C(OC(C)=O)OC(C)=O)c(OC(C)=O)c2ccccc21. The normalized spacial score (nSPS) is 10.9. The van der Waals surface area contributed by atoms with Gasteiger partial charge in [0.05, 0.1) is 5.52 Å². The highest BCUT2D eigenvalue weighted by Gasteiger charge is 2.30. The Morgan fingerprint density at radius 2 is 1.52 bits per heavy atom. The highest BCUT2D eigenvalue weighted by atomic mass is 16.7. The van der Waals surface area contributed by atoms with Gasteiger partial charge in [0.15, 0.2) is 5.75 Å². The van der Waals surface area contributed by atoms with Crippen LogP contribution in [-0.4, -0.2) is 22.5 Å². The van der Waals surface area contributed by atoms with Gasteiger partial charge >= 0.3 is 17.9 Å². The van der Waals surface area contributed by atoms with E-state index in [0.29, 0.717) is 17.4 Å². The number of hydrogen-bond donors (Lipinski definition) is 0. The lowest BCUT2D eigenvalue weighted by atomic mass is 10.1. The van der Waals surface area contributed by atoms with E-state index in [1.54, 1.807) is 28.8 Å². The zero-order valence-corrected chi connectivity index (χ0v) is 18.4. The lowest BCUT2D eigenvalue weighted by molar-refractivity contribution is -0.186. The first kappa shape index (κ1) is 24.1. The van der Waals surface area contributed by atoms with Crippen LogP contribution in [0.3, 0.4) is 0 Å². The number of esters is 3. The van der Waals surface area contributed by atoms with Crippen LogP contribution in [0.15, 0.2) is 29.1 Å². The third-order valence-corrected chi connectivity index (χ3v) is 4.67. The van der Waals surface area contributed by atoms with Crippen LogP contribution in [0.2, 0.25) is 0 Å². The van der Waals surface area contributed by atoms with E-state index in [4.69, 9.17) is 14.2 Å². The maximum atomic E-state index is 13.5. The van der Waals surface area contributed by atoms with Crippen molar-refractivity contribution in [3.05, 3.63) is 40.2 Å². The Kier molecular flexibility index (Phi) is 8.78. The summed E-state index contributed by atoms with van der Waals surface area (Å²) in [6.07, 6.45) is 3.37. The van der Waals surface area contributed by atoms with E-state index in [9.17, 15) is 19.2 Å². The lowest BCUT2D eigenvalue weighted by Crippen LogP contribution is -2.30. The molecule has 0 aliphatic heterocycles. The van der Waals surface area contributed by atoms with E-state index in [0.717, 1.165) is 46.0 Å². The molecular formula is C23H29NO7. The lowest BCUT2D eigenvalue weighted by Gasteiger charge is -2.22. The number of rotatable bonds is 10. The molecule has 0 aliphatic rings. The average molecular weight is 431 g/mol. The molecule has 0 fully saturated rings. The van der Waals surface area contributed by atoms with Crippen LogP contribution in [0.25, 0.3) is 10.9 Å². The third kappa shape index (κ3) is 6.41. The molecular weight excluding hydrogens is 402 g/mol. The Morgan fingerprint density at radius 1 is 0.903 bits per heavy atom. The van der Waals surface area contributed by atoms with Gasteiger partial charge in [-0.2, -0.15) is 0 Å². The largest absolute Gasteiger partial charge is 0.425 e. The molecule has 0 saturated heterocycles. The highest BCUT2D eigenvalue weighted by molar-refractivity contribution is 5.89. The van der Waals surface area contributed by atoms with E-state index in [2.05, 4.69) is 6.92 Å². The van der Waals surface area contributed by atoms with Crippen LogP contribution in [0, 0.1) is 0 Å². The Balaban J connectivity index is 2.69. The van der Waals surface area contributed by atoms with Crippen LogP contribution in [0.4, 0.5) is 0 Å². The number of pyridine rings is 1. The molecule has 0 N–H and O–H groups in total. The van der Waals surface area contributed by atoms with Crippen molar-refractivity contribution in [2.24, 2.45) is 0 Å². The van der Waals surface area contributed by atoms with Gasteiger partial charge in [-0.25, -0.2) is 0 Å². The smallest absolute Gasteiger partial charge is 0.308 e. The van der Waals surface area contributed by atoms with Crippen LogP contribution >= 0.6 is 0 Å². The number of aromatic nitrogens is 1. The molecule has 0 bridgehead atoms. The molecule has 8 heteroatoms. The quantitative estimate of drug-likeness (QED) is 0.318. The number of hydrogen-bond acceptors (Lipinski definition) is 7. The van der Waals surface area contributed by atoms with Gasteiger partial charge < -0.3 is 18.8 Å². The monoisotopic (exact) mass is 431 g/mol. The number of aryl methyl sites for hydroxylation is 1. The predicted molar refractivity (Wildman–Crippen MR) is 115 cm³/mol. The van der Waals surface area contributed by atoms with Crippen LogP contribution in [0.5, 0.6) is 5.75 Å². The number of ether oxygens (including phenoxy) is 3. The van der Waals surface area contributed by atoms with Gasteiger partial charge in [0, 0.05) is 32.7 Å². The summed E-state index contributed by atoms with van der Waals surface area (Å²) < 4.78 is 17.2. The molecule has 31 heavy (non-hydrogen) atoms. The Hall–Kier alpha value is -3.16. The Labute approximate surface area is 181 Å². The molecule has 1 aromatic heterocycles. The average Bonchev–Trinajstić information content (AvgIpc) is 2.68. The number of nitrogens with zero attached hydrogens (tertiary/aromatic N) is 1. The van der Waals surface area contributed by atoms with Gasteiger partial charge in [-0.3, -0.25) is 19.2 Å². The highest BCUT2D eigenvalue weighted by Crippen LogP contribution is 2.34. The van der Waals surface area contributed by atoms with E-state index < -0.39 is 29.8 Å². The summed E-state index contributed by atoms with van der Waals surface area (Å²) in [5.74, 6) is -2.24. The number of carbonyl (C=O) groups excluding carboxylic acids is 3. The Morgan fingerprint density at radius 3 is 2.10 bits per heavy atom. The van der Waals surface area contributed by atoms with Gasteiger partial charge in [-0.15, -0.1) is 0 Å². The molecule has 0 spiro atoms. The minimum atomic E-state index is -1.63. The maximum absolute atomic E-state index is 13.5. The third-order valence-electron chi connectivity index (χ3n) is 4.67.